The average Bonchev–Trinajstić information content (AvgIpc) is 3.03. The minimum Gasteiger partial charge on any atom is -0.379 e. The molecule has 5 heteroatoms. The Kier molecular flexibility index (Phi) is 4.50. The standard InChI is InChI=1S/C16H23N5/c1-13(12-14-6-2-3-8-17-14)20-15-7-4-9-18-16(15)21-11-5-10-19-21/h4-5,7,9-11,13-14,17,20H,2-3,6,8,12H2,1H3. The number of anilines is 1. The molecule has 0 radical (unpaired) electrons. The summed E-state index contributed by atoms with van der Waals surface area (Å²) in [6.45, 7) is 3.39. The van der Waals surface area contributed by atoms with E-state index in [0.29, 0.717) is 12.1 Å². The van der Waals surface area contributed by atoms with Crippen LogP contribution >= 0.6 is 0 Å². The molecule has 0 bridgehead atoms. The SMILES string of the molecule is CC(CC1CCCCN1)Nc1cccnc1-n1cccn1. The van der Waals surface area contributed by atoms with E-state index in [1.165, 1.54) is 19.3 Å². The zero-order chi connectivity index (χ0) is 14.5. The lowest BCUT2D eigenvalue weighted by molar-refractivity contribution is 0.371. The van der Waals surface area contributed by atoms with Gasteiger partial charge in [-0.1, -0.05) is 6.42 Å². The van der Waals surface area contributed by atoms with Crippen LogP contribution in [0.3, 0.4) is 0 Å². The van der Waals surface area contributed by atoms with Gasteiger partial charge in [-0.3, -0.25) is 0 Å². The van der Waals surface area contributed by atoms with Crippen LogP contribution in [-0.4, -0.2) is 33.4 Å². The summed E-state index contributed by atoms with van der Waals surface area (Å²) in [6, 6.07) is 6.97. The third-order valence-corrected chi connectivity index (χ3v) is 3.96. The molecule has 0 saturated carbocycles. The molecule has 2 unspecified atom stereocenters. The Labute approximate surface area is 125 Å². The average molecular weight is 285 g/mol. The number of hydrogen-bond donors (Lipinski definition) is 2. The largest absolute Gasteiger partial charge is 0.379 e. The molecule has 0 amide bonds. The first-order valence-corrected chi connectivity index (χ1v) is 7.78. The normalized spacial score (nSPS) is 20.1. The molecule has 1 saturated heterocycles. The predicted molar refractivity (Wildman–Crippen MR) is 84.7 cm³/mol. The molecule has 2 aromatic heterocycles. The summed E-state index contributed by atoms with van der Waals surface area (Å²) < 4.78 is 1.80. The lowest BCUT2D eigenvalue weighted by Gasteiger charge is -2.27. The van der Waals surface area contributed by atoms with Crippen molar-refractivity contribution < 1.29 is 0 Å². The minimum atomic E-state index is 0.402. The predicted octanol–water partition coefficient (Wildman–Crippen LogP) is 2.60. The second kappa shape index (κ2) is 6.72. The van der Waals surface area contributed by atoms with Crippen molar-refractivity contribution in [2.24, 2.45) is 0 Å². The molecule has 1 aliphatic rings. The molecular weight excluding hydrogens is 262 g/mol. The fourth-order valence-electron chi connectivity index (χ4n) is 2.96. The maximum atomic E-state index is 4.44. The van der Waals surface area contributed by atoms with Crippen LogP contribution in [-0.2, 0) is 0 Å². The van der Waals surface area contributed by atoms with Crippen molar-refractivity contribution in [3.8, 4) is 5.82 Å². The lowest BCUT2D eigenvalue weighted by Crippen LogP contribution is -2.37. The van der Waals surface area contributed by atoms with E-state index in [4.69, 9.17) is 0 Å². The molecule has 1 fully saturated rings. The number of aromatic nitrogens is 3. The van der Waals surface area contributed by atoms with Crippen LogP contribution in [0.25, 0.3) is 5.82 Å². The molecule has 5 nitrogen and oxygen atoms in total. The van der Waals surface area contributed by atoms with Gasteiger partial charge in [0.05, 0.1) is 5.69 Å². The highest BCUT2D eigenvalue weighted by Gasteiger charge is 2.16. The first-order chi connectivity index (χ1) is 10.3. The van der Waals surface area contributed by atoms with Gasteiger partial charge in [0.15, 0.2) is 5.82 Å². The van der Waals surface area contributed by atoms with E-state index >= 15 is 0 Å². The third-order valence-electron chi connectivity index (χ3n) is 3.96. The summed E-state index contributed by atoms with van der Waals surface area (Å²) in [5.41, 5.74) is 1.03. The second-order valence-electron chi connectivity index (χ2n) is 5.75. The molecule has 2 N–H and O–H groups in total. The van der Waals surface area contributed by atoms with Crippen molar-refractivity contribution in [1.29, 1.82) is 0 Å². The van der Waals surface area contributed by atoms with Gasteiger partial charge in [-0.05, 0) is 50.9 Å². The van der Waals surface area contributed by atoms with E-state index < -0.39 is 0 Å². The van der Waals surface area contributed by atoms with E-state index in [9.17, 15) is 0 Å². The van der Waals surface area contributed by atoms with Crippen molar-refractivity contribution in [2.45, 2.75) is 44.7 Å². The van der Waals surface area contributed by atoms with Gasteiger partial charge in [0.1, 0.15) is 0 Å². The van der Waals surface area contributed by atoms with Crippen LogP contribution in [0.2, 0.25) is 0 Å². The molecule has 21 heavy (non-hydrogen) atoms. The molecule has 0 spiro atoms. The van der Waals surface area contributed by atoms with Crippen LogP contribution in [0, 0.1) is 0 Å². The van der Waals surface area contributed by atoms with Crippen molar-refractivity contribution in [3.05, 3.63) is 36.8 Å². The minimum absolute atomic E-state index is 0.402. The van der Waals surface area contributed by atoms with Gasteiger partial charge in [-0.25, -0.2) is 9.67 Å². The van der Waals surface area contributed by atoms with Crippen molar-refractivity contribution in [3.63, 3.8) is 0 Å². The quantitative estimate of drug-likeness (QED) is 0.886. The Morgan fingerprint density at radius 3 is 3.10 bits per heavy atom. The summed E-state index contributed by atoms with van der Waals surface area (Å²) in [5.74, 6) is 0.853. The van der Waals surface area contributed by atoms with E-state index in [1.807, 2.05) is 18.3 Å². The van der Waals surface area contributed by atoms with Crippen LogP contribution in [0.1, 0.15) is 32.6 Å². The van der Waals surface area contributed by atoms with Crippen molar-refractivity contribution in [2.75, 3.05) is 11.9 Å². The van der Waals surface area contributed by atoms with Crippen LogP contribution in [0.4, 0.5) is 5.69 Å². The van der Waals surface area contributed by atoms with Gasteiger partial charge in [0.2, 0.25) is 0 Å². The number of pyridine rings is 1. The molecule has 0 aromatic carbocycles. The highest BCUT2D eigenvalue weighted by molar-refractivity contribution is 5.56. The Morgan fingerprint density at radius 1 is 1.38 bits per heavy atom. The molecule has 1 aliphatic heterocycles. The summed E-state index contributed by atoms with van der Waals surface area (Å²) in [4.78, 5) is 4.44. The number of nitrogens with one attached hydrogen (secondary N) is 2. The fourth-order valence-corrected chi connectivity index (χ4v) is 2.96. The van der Waals surface area contributed by atoms with Crippen molar-refractivity contribution in [1.82, 2.24) is 20.1 Å². The van der Waals surface area contributed by atoms with E-state index in [-0.39, 0.29) is 0 Å². The molecule has 2 atom stereocenters. The number of nitrogens with zero attached hydrogens (tertiary/aromatic N) is 3. The molecule has 0 aliphatic carbocycles. The first-order valence-electron chi connectivity index (χ1n) is 7.78. The lowest BCUT2D eigenvalue weighted by atomic mass is 9.99. The Hall–Kier alpha value is -1.88. The maximum Gasteiger partial charge on any atom is 0.176 e. The topological polar surface area (TPSA) is 54.8 Å². The number of piperidine rings is 1. The second-order valence-corrected chi connectivity index (χ2v) is 5.75. The molecule has 112 valence electrons. The molecule has 3 heterocycles. The monoisotopic (exact) mass is 285 g/mol. The zero-order valence-corrected chi connectivity index (χ0v) is 12.5. The van der Waals surface area contributed by atoms with Gasteiger partial charge in [0.25, 0.3) is 0 Å². The molecule has 2 aromatic rings. The summed E-state index contributed by atoms with van der Waals surface area (Å²) >= 11 is 0. The Bertz CT molecular complexity index is 546. The number of rotatable bonds is 5. The van der Waals surface area contributed by atoms with Crippen LogP contribution in [0.5, 0.6) is 0 Å². The smallest absolute Gasteiger partial charge is 0.176 e. The maximum absolute atomic E-state index is 4.44. The Balaban J connectivity index is 1.67. The summed E-state index contributed by atoms with van der Waals surface area (Å²) in [6.07, 6.45) is 10.6. The highest BCUT2D eigenvalue weighted by atomic mass is 15.3. The number of hydrogen-bond acceptors (Lipinski definition) is 4. The van der Waals surface area contributed by atoms with Crippen LogP contribution in [0.15, 0.2) is 36.8 Å². The van der Waals surface area contributed by atoms with Gasteiger partial charge >= 0.3 is 0 Å². The molecule has 3 rings (SSSR count). The van der Waals surface area contributed by atoms with E-state index in [1.54, 1.807) is 17.1 Å². The highest BCUT2D eigenvalue weighted by Crippen LogP contribution is 2.19. The van der Waals surface area contributed by atoms with Gasteiger partial charge < -0.3 is 10.6 Å². The fraction of sp³-hybridized carbons (Fsp3) is 0.500. The third kappa shape index (κ3) is 3.61. The Morgan fingerprint density at radius 2 is 2.33 bits per heavy atom. The van der Waals surface area contributed by atoms with Crippen LogP contribution < -0.4 is 10.6 Å². The van der Waals surface area contributed by atoms with Gasteiger partial charge in [-0.2, -0.15) is 5.10 Å². The zero-order valence-electron chi connectivity index (χ0n) is 12.5. The van der Waals surface area contributed by atoms with E-state index in [0.717, 1.165) is 24.5 Å². The van der Waals surface area contributed by atoms with Crippen molar-refractivity contribution >= 4 is 5.69 Å². The first kappa shape index (κ1) is 14.1. The van der Waals surface area contributed by atoms with Gasteiger partial charge in [0, 0.05) is 30.7 Å². The van der Waals surface area contributed by atoms with E-state index in [2.05, 4.69) is 33.7 Å². The van der Waals surface area contributed by atoms with Gasteiger partial charge in [-0.15, -0.1) is 0 Å². The molecular formula is C16H23N5. The summed E-state index contributed by atoms with van der Waals surface area (Å²) in [7, 11) is 0. The summed E-state index contributed by atoms with van der Waals surface area (Å²) in [5, 5.41) is 11.5.